The summed E-state index contributed by atoms with van der Waals surface area (Å²) < 4.78 is 5.20. The molecule has 4 nitrogen and oxygen atoms in total. The molecule has 1 aromatic carbocycles. The van der Waals surface area contributed by atoms with Crippen LogP contribution in [0, 0.1) is 0 Å². The molecule has 0 amide bonds. The fourth-order valence-electron chi connectivity index (χ4n) is 2.57. The van der Waals surface area contributed by atoms with Crippen LogP contribution in [0.25, 0.3) is 0 Å². The van der Waals surface area contributed by atoms with Gasteiger partial charge in [0.1, 0.15) is 5.75 Å². The number of aliphatic hydroxyl groups excluding tert-OH is 1. The minimum absolute atomic E-state index is 0.0180. The zero-order chi connectivity index (χ0) is 15.1. The predicted molar refractivity (Wildman–Crippen MR) is 82.9 cm³/mol. The van der Waals surface area contributed by atoms with Gasteiger partial charge in [0.25, 0.3) is 0 Å². The molecule has 1 rings (SSSR count). The number of nitrogens with zero attached hydrogens (tertiary/aromatic N) is 1. The van der Waals surface area contributed by atoms with Crippen LogP contribution in [0.15, 0.2) is 24.3 Å². The molecule has 0 heterocycles. The Balaban J connectivity index is 2.99. The van der Waals surface area contributed by atoms with Gasteiger partial charge in [0.2, 0.25) is 0 Å². The average molecular weight is 280 g/mol. The average Bonchev–Trinajstić information content (AvgIpc) is 2.43. The molecule has 0 saturated carbocycles. The molecule has 4 heteroatoms. The molecule has 0 radical (unpaired) electrons. The number of methoxy groups -OCH3 is 1. The second-order valence-electron chi connectivity index (χ2n) is 5.49. The molecule has 0 saturated heterocycles. The van der Waals surface area contributed by atoms with Crippen LogP contribution in [-0.4, -0.2) is 42.4 Å². The fraction of sp³-hybridized carbons (Fsp3) is 0.625. The van der Waals surface area contributed by atoms with Crippen LogP contribution in [0.2, 0.25) is 0 Å². The molecule has 0 aromatic heterocycles. The van der Waals surface area contributed by atoms with Crippen LogP contribution in [0.1, 0.15) is 38.8 Å². The van der Waals surface area contributed by atoms with E-state index in [9.17, 15) is 0 Å². The maximum atomic E-state index is 9.08. The summed E-state index contributed by atoms with van der Waals surface area (Å²) in [5.41, 5.74) is 7.40. The number of aliphatic hydroxyl groups is 1. The Morgan fingerprint density at radius 3 is 2.20 bits per heavy atom. The van der Waals surface area contributed by atoms with Crippen molar-refractivity contribution >= 4 is 0 Å². The first-order chi connectivity index (χ1) is 9.51. The van der Waals surface area contributed by atoms with Crippen molar-refractivity contribution in [1.82, 2.24) is 4.90 Å². The second-order valence-corrected chi connectivity index (χ2v) is 5.49. The van der Waals surface area contributed by atoms with E-state index in [2.05, 4.69) is 30.9 Å². The van der Waals surface area contributed by atoms with E-state index in [1.807, 2.05) is 19.1 Å². The molecule has 20 heavy (non-hydrogen) atoms. The molecule has 2 unspecified atom stereocenters. The number of hydrogen-bond donors (Lipinski definition) is 2. The summed E-state index contributed by atoms with van der Waals surface area (Å²) in [4.78, 5) is 2.35. The van der Waals surface area contributed by atoms with Crippen molar-refractivity contribution in [2.75, 3.05) is 20.3 Å². The summed E-state index contributed by atoms with van der Waals surface area (Å²) in [5.74, 6) is 0.851. The molecule has 0 aliphatic rings. The van der Waals surface area contributed by atoms with Gasteiger partial charge in [-0.3, -0.25) is 4.90 Å². The molecular formula is C16H28N2O2. The number of hydrogen-bond acceptors (Lipinski definition) is 4. The van der Waals surface area contributed by atoms with Gasteiger partial charge in [-0.2, -0.15) is 0 Å². The van der Waals surface area contributed by atoms with Crippen molar-refractivity contribution < 1.29 is 9.84 Å². The van der Waals surface area contributed by atoms with E-state index in [0.717, 1.165) is 18.7 Å². The molecule has 0 spiro atoms. The maximum absolute atomic E-state index is 9.08. The van der Waals surface area contributed by atoms with E-state index < -0.39 is 0 Å². The third kappa shape index (κ3) is 4.47. The SMILES string of the molecule is COc1ccc(C(C(C)N)N(CCCO)C(C)C)cc1. The largest absolute Gasteiger partial charge is 0.497 e. The molecule has 0 fully saturated rings. The first-order valence-electron chi connectivity index (χ1n) is 7.27. The van der Waals surface area contributed by atoms with E-state index >= 15 is 0 Å². The van der Waals surface area contributed by atoms with E-state index in [-0.39, 0.29) is 18.7 Å². The Bertz CT molecular complexity index is 377. The lowest BCUT2D eigenvalue weighted by Gasteiger charge is -2.37. The van der Waals surface area contributed by atoms with Crippen molar-refractivity contribution in [2.45, 2.75) is 45.3 Å². The van der Waals surface area contributed by atoms with Crippen LogP contribution >= 0.6 is 0 Å². The Morgan fingerprint density at radius 1 is 1.20 bits per heavy atom. The monoisotopic (exact) mass is 280 g/mol. The van der Waals surface area contributed by atoms with Gasteiger partial charge in [-0.15, -0.1) is 0 Å². The van der Waals surface area contributed by atoms with Gasteiger partial charge in [0.15, 0.2) is 0 Å². The zero-order valence-electron chi connectivity index (χ0n) is 13.0. The van der Waals surface area contributed by atoms with Gasteiger partial charge in [-0.05, 0) is 44.9 Å². The van der Waals surface area contributed by atoms with Crippen molar-refractivity contribution in [3.05, 3.63) is 29.8 Å². The first kappa shape index (κ1) is 17.0. The highest BCUT2D eigenvalue weighted by Crippen LogP contribution is 2.27. The molecule has 0 aliphatic carbocycles. The summed E-state index contributed by atoms with van der Waals surface area (Å²) in [6.07, 6.45) is 0.761. The molecular weight excluding hydrogens is 252 g/mol. The summed E-state index contributed by atoms with van der Waals surface area (Å²) in [5, 5.41) is 9.08. The van der Waals surface area contributed by atoms with Crippen molar-refractivity contribution in [3.8, 4) is 5.75 Å². The van der Waals surface area contributed by atoms with Crippen LogP contribution in [-0.2, 0) is 0 Å². The van der Waals surface area contributed by atoms with E-state index in [1.165, 1.54) is 5.56 Å². The van der Waals surface area contributed by atoms with Crippen LogP contribution in [0.3, 0.4) is 0 Å². The lowest BCUT2D eigenvalue weighted by molar-refractivity contribution is 0.123. The van der Waals surface area contributed by atoms with Crippen molar-refractivity contribution in [2.24, 2.45) is 5.73 Å². The molecule has 0 bridgehead atoms. The molecule has 114 valence electrons. The Morgan fingerprint density at radius 2 is 1.80 bits per heavy atom. The topological polar surface area (TPSA) is 58.7 Å². The summed E-state index contributed by atoms with van der Waals surface area (Å²) in [6.45, 7) is 7.40. The fourth-order valence-corrected chi connectivity index (χ4v) is 2.57. The van der Waals surface area contributed by atoms with E-state index in [1.54, 1.807) is 7.11 Å². The van der Waals surface area contributed by atoms with Gasteiger partial charge in [0.05, 0.1) is 7.11 Å². The smallest absolute Gasteiger partial charge is 0.118 e. The number of ether oxygens (including phenoxy) is 1. The highest BCUT2D eigenvalue weighted by molar-refractivity contribution is 5.30. The minimum atomic E-state index is 0.0180. The summed E-state index contributed by atoms with van der Waals surface area (Å²) in [7, 11) is 1.67. The lowest BCUT2D eigenvalue weighted by atomic mass is 9.97. The molecule has 3 N–H and O–H groups in total. The van der Waals surface area contributed by atoms with Gasteiger partial charge in [-0.1, -0.05) is 12.1 Å². The third-order valence-corrected chi connectivity index (χ3v) is 3.55. The Kier molecular flexibility index (Phi) is 6.99. The zero-order valence-corrected chi connectivity index (χ0v) is 13.0. The van der Waals surface area contributed by atoms with Crippen LogP contribution < -0.4 is 10.5 Å². The number of benzene rings is 1. The normalized spacial score (nSPS) is 14.6. The molecule has 1 aromatic rings. The van der Waals surface area contributed by atoms with E-state index in [0.29, 0.717) is 6.04 Å². The predicted octanol–water partition coefficient (Wildman–Crippen LogP) is 2.18. The Hall–Kier alpha value is -1.10. The summed E-state index contributed by atoms with van der Waals surface area (Å²) in [6, 6.07) is 8.61. The minimum Gasteiger partial charge on any atom is -0.497 e. The lowest BCUT2D eigenvalue weighted by Crippen LogP contribution is -2.43. The highest BCUT2D eigenvalue weighted by atomic mass is 16.5. The second kappa shape index (κ2) is 8.25. The maximum Gasteiger partial charge on any atom is 0.118 e. The highest BCUT2D eigenvalue weighted by Gasteiger charge is 2.25. The molecule has 0 aliphatic heterocycles. The van der Waals surface area contributed by atoms with Crippen molar-refractivity contribution in [3.63, 3.8) is 0 Å². The quantitative estimate of drug-likeness (QED) is 0.766. The van der Waals surface area contributed by atoms with Gasteiger partial charge >= 0.3 is 0 Å². The Labute approximate surface area is 122 Å². The van der Waals surface area contributed by atoms with Gasteiger partial charge < -0.3 is 15.6 Å². The summed E-state index contributed by atoms with van der Waals surface area (Å²) >= 11 is 0. The van der Waals surface area contributed by atoms with E-state index in [4.69, 9.17) is 15.6 Å². The molecule has 2 atom stereocenters. The van der Waals surface area contributed by atoms with Crippen molar-refractivity contribution in [1.29, 1.82) is 0 Å². The number of nitrogens with two attached hydrogens (primary N) is 1. The van der Waals surface area contributed by atoms with Crippen LogP contribution in [0.5, 0.6) is 5.75 Å². The first-order valence-corrected chi connectivity index (χ1v) is 7.27. The van der Waals surface area contributed by atoms with Gasteiger partial charge in [0, 0.05) is 31.3 Å². The third-order valence-electron chi connectivity index (χ3n) is 3.55. The van der Waals surface area contributed by atoms with Gasteiger partial charge in [-0.25, -0.2) is 0 Å². The van der Waals surface area contributed by atoms with Crippen LogP contribution in [0.4, 0.5) is 0 Å². The number of rotatable bonds is 8. The standard InChI is InChI=1S/C16H28N2O2/c1-12(2)18(10-5-11-19)16(13(3)17)14-6-8-15(20-4)9-7-14/h6-9,12-13,16,19H,5,10-11,17H2,1-4H3.